The van der Waals surface area contributed by atoms with Crippen molar-refractivity contribution in [3.05, 3.63) is 109 Å². The van der Waals surface area contributed by atoms with Gasteiger partial charge in [-0.15, -0.1) is 0 Å². The Morgan fingerprint density at radius 2 is 0.684 bits per heavy atom. The molecule has 3 unspecified atom stereocenters. The van der Waals surface area contributed by atoms with E-state index in [1.807, 2.05) is 0 Å². The Kier molecular flexibility index (Phi) is 54.4. The number of carbonyl (C=O) groups excluding carboxylic acids is 3. The van der Waals surface area contributed by atoms with Gasteiger partial charge in [-0.3, -0.25) is 23.4 Å². The van der Waals surface area contributed by atoms with Gasteiger partial charge in [0.25, 0.3) is 0 Å². The van der Waals surface area contributed by atoms with Crippen molar-refractivity contribution in [2.24, 2.45) is 0 Å². The fourth-order valence-electron chi connectivity index (χ4n) is 7.69. The lowest BCUT2D eigenvalue weighted by atomic mass is 10.1. The Morgan fingerprint density at radius 1 is 0.382 bits per heavy atom. The Labute approximate surface area is 463 Å². The van der Waals surface area contributed by atoms with Crippen LogP contribution < -0.4 is 0 Å². The Morgan fingerprint density at radius 3 is 1.08 bits per heavy atom. The number of hydrogen-bond acceptors (Lipinski definition) is 10. The Hall–Kier alpha value is -3.86. The smallest absolute Gasteiger partial charge is 0.462 e. The van der Waals surface area contributed by atoms with Gasteiger partial charge in [0.05, 0.1) is 19.8 Å². The monoisotopic (exact) mass is 1080 g/mol. The summed E-state index contributed by atoms with van der Waals surface area (Å²) in [4.78, 5) is 48.6. The summed E-state index contributed by atoms with van der Waals surface area (Å²) in [5.74, 6) is -1.53. The zero-order valence-electron chi connectivity index (χ0n) is 47.9. The third-order valence-electron chi connectivity index (χ3n) is 12.2. The molecule has 0 bridgehead atoms. The van der Waals surface area contributed by atoms with Gasteiger partial charge in [0.2, 0.25) is 0 Å². The van der Waals surface area contributed by atoms with E-state index in [4.69, 9.17) is 23.3 Å². The highest BCUT2D eigenvalue weighted by Gasteiger charge is 2.28. The van der Waals surface area contributed by atoms with E-state index in [0.717, 1.165) is 135 Å². The lowest BCUT2D eigenvalue weighted by molar-refractivity contribution is -0.161. The normalized spacial score (nSPS) is 14.1. The molecule has 0 rings (SSSR count). The molecule has 12 heteroatoms. The fourth-order valence-corrected chi connectivity index (χ4v) is 8.47. The minimum atomic E-state index is -4.77. The van der Waals surface area contributed by atoms with E-state index < -0.39 is 57.8 Å². The van der Waals surface area contributed by atoms with Crippen molar-refractivity contribution in [2.75, 3.05) is 26.4 Å². The molecule has 0 aliphatic heterocycles. The van der Waals surface area contributed by atoms with Crippen LogP contribution in [-0.4, -0.2) is 66.5 Å². The molecule has 434 valence electrons. The molecule has 11 nitrogen and oxygen atoms in total. The van der Waals surface area contributed by atoms with Crippen molar-refractivity contribution in [1.29, 1.82) is 0 Å². The van der Waals surface area contributed by atoms with Crippen molar-refractivity contribution < 1.29 is 52.2 Å². The predicted molar refractivity (Wildman–Crippen MR) is 316 cm³/mol. The van der Waals surface area contributed by atoms with Crippen LogP contribution in [0.4, 0.5) is 0 Å². The molecular weight excluding hydrogens is 976 g/mol. The zero-order valence-corrected chi connectivity index (χ0v) is 48.8. The summed E-state index contributed by atoms with van der Waals surface area (Å²) in [6.07, 6.45) is 69.0. The number of phosphoric ester groups is 1. The van der Waals surface area contributed by atoms with Crippen molar-refractivity contribution in [2.45, 2.75) is 251 Å². The third kappa shape index (κ3) is 54.9. The third-order valence-corrected chi connectivity index (χ3v) is 13.1. The number of ether oxygens (including phenoxy) is 3. The maximum Gasteiger partial charge on any atom is 0.472 e. The van der Waals surface area contributed by atoms with Crippen LogP contribution in [0, 0.1) is 0 Å². The number of hydrogen-bond donors (Lipinski definition) is 2. The summed E-state index contributed by atoms with van der Waals surface area (Å²) < 4.78 is 39.5. The van der Waals surface area contributed by atoms with Gasteiger partial charge in [-0.25, -0.2) is 4.57 Å². The second-order valence-electron chi connectivity index (χ2n) is 19.4. The Bertz CT molecular complexity index is 1690. The number of carbonyl (C=O) groups is 3. The summed E-state index contributed by atoms with van der Waals surface area (Å²) in [5.41, 5.74) is 0. The molecule has 0 amide bonds. The average Bonchev–Trinajstić information content (AvgIpc) is 3.41. The van der Waals surface area contributed by atoms with Gasteiger partial charge in [0, 0.05) is 19.3 Å². The molecule has 0 aromatic rings. The summed E-state index contributed by atoms with van der Waals surface area (Å²) >= 11 is 0. The molecular formula is C64H107O11P. The SMILES string of the molecule is CC/C=C\C/C=C\C/C=C\C/C=C\CCCCC(=O)OC(CO)COP(=O)(O)OCC(COC(=O)CCCCCCCCC/C=C\C/C=C\CCCCC)OC(=O)CCCCCCCCC/C=C\C/C=C\C/C=C\CC. The first kappa shape index (κ1) is 72.1. The molecule has 0 saturated heterocycles. The molecule has 2 N–H and O–H groups in total. The predicted octanol–water partition coefficient (Wildman–Crippen LogP) is 17.8. The number of esters is 3. The van der Waals surface area contributed by atoms with Gasteiger partial charge >= 0.3 is 25.7 Å². The van der Waals surface area contributed by atoms with Crippen molar-refractivity contribution in [3.8, 4) is 0 Å². The molecule has 0 spiro atoms. The molecule has 0 aromatic carbocycles. The van der Waals surface area contributed by atoms with Crippen LogP contribution in [0.3, 0.4) is 0 Å². The van der Waals surface area contributed by atoms with Crippen LogP contribution in [-0.2, 0) is 42.2 Å². The van der Waals surface area contributed by atoms with Gasteiger partial charge in [0.15, 0.2) is 6.10 Å². The minimum Gasteiger partial charge on any atom is -0.462 e. The van der Waals surface area contributed by atoms with Gasteiger partial charge in [-0.1, -0.05) is 207 Å². The highest BCUT2D eigenvalue weighted by molar-refractivity contribution is 7.47. The van der Waals surface area contributed by atoms with Gasteiger partial charge in [-0.05, 0) is 122 Å². The van der Waals surface area contributed by atoms with E-state index in [9.17, 15) is 28.9 Å². The van der Waals surface area contributed by atoms with E-state index in [1.54, 1.807) is 0 Å². The van der Waals surface area contributed by atoms with E-state index in [-0.39, 0.29) is 25.9 Å². The van der Waals surface area contributed by atoms with Crippen LogP contribution in [0.2, 0.25) is 0 Å². The molecule has 0 heterocycles. The van der Waals surface area contributed by atoms with Gasteiger partial charge in [0.1, 0.15) is 12.7 Å². The topological polar surface area (TPSA) is 155 Å². The van der Waals surface area contributed by atoms with E-state index in [2.05, 4.69) is 130 Å². The van der Waals surface area contributed by atoms with E-state index in [0.29, 0.717) is 19.3 Å². The standard InChI is InChI=1S/C64H107O11P/c1-4-7-10-13-16-19-22-25-28-30-33-35-38-41-44-47-50-53-62(66)71-57-61(75-64(68)55-52-49-46-43-40-37-34-31-29-26-23-20-17-14-11-8-5-2)59-73-76(69,70)72-58-60(56-65)74-63(67)54-51-48-45-42-39-36-32-27-24-21-18-15-12-9-6-3/h8-9,11-12,16-21,25-29,32,39,42,60-61,65H,4-7,10,13-15,22-24,30-31,33-38,40-41,43-59H2,1-3H3,(H,69,70)/b11-8-,12-9-,19-16-,20-17-,21-18-,28-25-,29-26-,32-27-,42-39-. The quantitative estimate of drug-likeness (QED) is 0.0197. The summed E-state index contributed by atoms with van der Waals surface area (Å²) in [6.45, 7) is 4.33. The average molecular weight is 1080 g/mol. The molecule has 0 aliphatic rings. The molecule has 76 heavy (non-hydrogen) atoms. The zero-order chi connectivity index (χ0) is 55.5. The molecule has 0 fully saturated rings. The number of aliphatic hydroxyl groups is 1. The number of allylic oxidation sites excluding steroid dienone is 18. The largest absolute Gasteiger partial charge is 0.472 e. The molecule has 0 saturated carbocycles. The summed E-state index contributed by atoms with van der Waals surface area (Å²) in [6, 6.07) is 0. The molecule has 3 atom stereocenters. The first-order valence-electron chi connectivity index (χ1n) is 29.8. The summed E-state index contributed by atoms with van der Waals surface area (Å²) in [7, 11) is -4.77. The Balaban J connectivity index is 4.80. The van der Waals surface area contributed by atoms with Crippen LogP contribution in [0.5, 0.6) is 0 Å². The molecule has 0 radical (unpaired) electrons. The maximum atomic E-state index is 12.9. The number of phosphoric acid groups is 1. The van der Waals surface area contributed by atoms with Gasteiger partial charge < -0.3 is 24.2 Å². The minimum absolute atomic E-state index is 0.119. The number of aliphatic hydroxyl groups excluding tert-OH is 1. The molecule has 0 aromatic heterocycles. The van der Waals surface area contributed by atoms with E-state index >= 15 is 0 Å². The first-order chi connectivity index (χ1) is 37.2. The highest BCUT2D eigenvalue weighted by atomic mass is 31.2. The lowest BCUT2D eigenvalue weighted by Crippen LogP contribution is -2.30. The summed E-state index contributed by atoms with van der Waals surface area (Å²) in [5, 5.41) is 9.82. The number of unbranched alkanes of at least 4 members (excludes halogenated alkanes) is 19. The number of rotatable bonds is 54. The second kappa shape index (κ2) is 57.3. The van der Waals surface area contributed by atoms with Crippen LogP contribution in [0.15, 0.2) is 109 Å². The fraction of sp³-hybridized carbons (Fsp3) is 0.672. The first-order valence-corrected chi connectivity index (χ1v) is 31.3. The highest BCUT2D eigenvalue weighted by Crippen LogP contribution is 2.43. The molecule has 0 aliphatic carbocycles. The lowest BCUT2D eigenvalue weighted by Gasteiger charge is -2.21. The van der Waals surface area contributed by atoms with Crippen molar-refractivity contribution in [3.63, 3.8) is 0 Å². The second-order valence-corrected chi connectivity index (χ2v) is 20.8. The van der Waals surface area contributed by atoms with Gasteiger partial charge in [-0.2, -0.15) is 0 Å². The van der Waals surface area contributed by atoms with Crippen LogP contribution in [0.25, 0.3) is 0 Å². The van der Waals surface area contributed by atoms with E-state index in [1.165, 1.54) is 44.9 Å². The van der Waals surface area contributed by atoms with Crippen LogP contribution in [0.1, 0.15) is 239 Å². The maximum absolute atomic E-state index is 12.9. The van der Waals surface area contributed by atoms with Crippen molar-refractivity contribution in [1.82, 2.24) is 0 Å². The van der Waals surface area contributed by atoms with Crippen molar-refractivity contribution >= 4 is 25.7 Å². The van der Waals surface area contributed by atoms with Crippen LogP contribution >= 0.6 is 7.82 Å².